The number of piperidine rings is 1. The molecule has 0 bridgehead atoms. The predicted molar refractivity (Wildman–Crippen MR) is 58.5 cm³/mol. The van der Waals surface area contributed by atoms with E-state index in [0.29, 0.717) is 13.0 Å². The molecule has 0 aromatic heterocycles. The van der Waals surface area contributed by atoms with Crippen molar-refractivity contribution in [3.05, 3.63) is 0 Å². The highest BCUT2D eigenvalue weighted by atomic mass is 19.4. The standard InChI is InChI=1S/C11H19F3N2O/c1-8(2)15-10(17)7-16-5-3-4-9(6-16)11(12,13)14/h8-9H,3-7H2,1-2H3,(H,15,17)/t9-/m0/s1. The van der Waals surface area contributed by atoms with Crippen LogP contribution >= 0.6 is 0 Å². The summed E-state index contributed by atoms with van der Waals surface area (Å²) in [5.41, 5.74) is 0. The van der Waals surface area contributed by atoms with E-state index in [4.69, 9.17) is 0 Å². The normalized spacial score (nSPS) is 22.8. The fourth-order valence-corrected chi connectivity index (χ4v) is 2.04. The zero-order chi connectivity index (χ0) is 13.1. The molecule has 1 fully saturated rings. The van der Waals surface area contributed by atoms with Gasteiger partial charge >= 0.3 is 6.18 Å². The van der Waals surface area contributed by atoms with Gasteiger partial charge in [-0.15, -0.1) is 0 Å². The summed E-state index contributed by atoms with van der Waals surface area (Å²) < 4.78 is 37.6. The van der Waals surface area contributed by atoms with E-state index in [2.05, 4.69) is 5.32 Å². The highest BCUT2D eigenvalue weighted by Gasteiger charge is 2.41. The van der Waals surface area contributed by atoms with Crippen molar-refractivity contribution < 1.29 is 18.0 Å². The topological polar surface area (TPSA) is 32.3 Å². The summed E-state index contributed by atoms with van der Waals surface area (Å²) >= 11 is 0. The maximum atomic E-state index is 12.5. The molecule has 0 aromatic carbocycles. The van der Waals surface area contributed by atoms with Crippen LogP contribution in [0, 0.1) is 5.92 Å². The lowest BCUT2D eigenvalue weighted by atomic mass is 9.97. The maximum Gasteiger partial charge on any atom is 0.393 e. The molecule has 1 N–H and O–H groups in total. The highest BCUT2D eigenvalue weighted by Crippen LogP contribution is 2.32. The number of hydrogen-bond acceptors (Lipinski definition) is 2. The summed E-state index contributed by atoms with van der Waals surface area (Å²) in [6.07, 6.45) is -3.47. The van der Waals surface area contributed by atoms with Crippen molar-refractivity contribution >= 4 is 5.91 Å². The second-order valence-corrected chi connectivity index (χ2v) is 4.84. The molecule has 1 atom stereocenters. The molecule has 1 rings (SSSR count). The Morgan fingerprint density at radius 2 is 2.12 bits per heavy atom. The Hall–Kier alpha value is -0.780. The Kier molecular flexibility index (Phi) is 4.80. The molecule has 0 aromatic rings. The SMILES string of the molecule is CC(C)NC(=O)CN1CCC[C@H](C(F)(F)F)C1. The predicted octanol–water partition coefficient (Wildman–Crippen LogP) is 1.79. The quantitative estimate of drug-likeness (QED) is 0.830. The van der Waals surface area contributed by atoms with Gasteiger partial charge in [0.05, 0.1) is 12.5 Å². The average molecular weight is 252 g/mol. The first kappa shape index (κ1) is 14.3. The Balaban J connectivity index is 2.42. The number of alkyl halides is 3. The number of hydrogen-bond donors (Lipinski definition) is 1. The molecule has 0 unspecified atom stereocenters. The van der Waals surface area contributed by atoms with Gasteiger partial charge in [-0.05, 0) is 33.2 Å². The molecule has 0 spiro atoms. The third kappa shape index (κ3) is 4.93. The van der Waals surface area contributed by atoms with E-state index < -0.39 is 12.1 Å². The van der Waals surface area contributed by atoms with E-state index in [0.717, 1.165) is 0 Å². The van der Waals surface area contributed by atoms with E-state index in [1.807, 2.05) is 13.8 Å². The minimum Gasteiger partial charge on any atom is -0.353 e. The number of likely N-dealkylation sites (tertiary alicyclic amines) is 1. The van der Waals surface area contributed by atoms with Gasteiger partial charge in [0.25, 0.3) is 0 Å². The zero-order valence-electron chi connectivity index (χ0n) is 10.2. The summed E-state index contributed by atoms with van der Waals surface area (Å²) in [7, 11) is 0. The first-order valence-electron chi connectivity index (χ1n) is 5.87. The Morgan fingerprint density at radius 1 is 1.47 bits per heavy atom. The van der Waals surface area contributed by atoms with Gasteiger partial charge in [0.2, 0.25) is 5.91 Å². The smallest absolute Gasteiger partial charge is 0.353 e. The molecule has 0 radical (unpaired) electrons. The van der Waals surface area contributed by atoms with Gasteiger partial charge in [-0.2, -0.15) is 13.2 Å². The number of amides is 1. The number of rotatable bonds is 3. The lowest BCUT2D eigenvalue weighted by molar-refractivity contribution is -0.187. The Morgan fingerprint density at radius 3 is 2.65 bits per heavy atom. The molecule has 1 amide bonds. The lowest BCUT2D eigenvalue weighted by Gasteiger charge is -2.33. The van der Waals surface area contributed by atoms with Crippen LogP contribution in [-0.2, 0) is 4.79 Å². The summed E-state index contributed by atoms with van der Waals surface area (Å²) in [5.74, 6) is -1.49. The van der Waals surface area contributed by atoms with Crippen molar-refractivity contribution in [1.82, 2.24) is 10.2 Å². The van der Waals surface area contributed by atoms with E-state index in [9.17, 15) is 18.0 Å². The molecular weight excluding hydrogens is 233 g/mol. The number of nitrogens with one attached hydrogen (secondary N) is 1. The van der Waals surface area contributed by atoms with Gasteiger partial charge in [0, 0.05) is 12.6 Å². The minimum absolute atomic E-state index is 0.0192. The molecule has 0 saturated carbocycles. The van der Waals surface area contributed by atoms with Crippen molar-refractivity contribution in [2.45, 2.75) is 38.9 Å². The van der Waals surface area contributed by atoms with Crippen LogP contribution in [0.15, 0.2) is 0 Å². The fourth-order valence-electron chi connectivity index (χ4n) is 2.04. The molecule has 1 heterocycles. The number of carbonyl (C=O) groups excluding carboxylic acids is 1. The van der Waals surface area contributed by atoms with Crippen molar-refractivity contribution in [2.24, 2.45) is 5.92 Å². The molecule has 100 valence electrons. The van der Waals surface area contributed by atoms with Gasteiger partial charge in [-0.1, -0.05) is 0 Å². The van der Waals surface area contributed by atoms with Crippen molar-refractivity contribution in [3.63, 3.8) is 0 Å². The minimum atomic E-state index is -4.15. The van der Waals surface area contributed by atoms with Crippen LogP contribution in [-0.4, -0.2) is 42.7 Å². The summed E-state index contributed by atoms with van der Waals surface area (Å²) in [6, 6.07) is 0.0192. The van der Waals surface area contributed by atoms with Crippen molar-refractivity contribution in [1.29, 1.82) is 0 Å². The second-order valence-electron chi connectivity index (χ2n) is 4.84. The number of halogens is 3. The monoisotopic (exact) mass is 252 g/mol. The van der Waals surface area contributed by atoms with Gasteiger partial charge in [0.1, 0.15) is 0 Å². The molecule has 1 saturated heterocycles. The molecule has 0 aliphatic carbocycles. The fraction of sp³-hybridized carbons (Fsp3) is 0.909. The second kappa shape index (κ2) is 5.71. The molecule has 17 heavy (non-hydrogen) atoms. The lowest BCUT2D eigenvalue weighted by Crippen LogP contribution is -2.46. The van der Waals surface area contributed by atoms with E-state index in [1.165, 1.54) is 0 Å². The van der Waals surface area contributed by atoms with Gasteiger partial charge < -0.3 is 5.32 Å². The third-order valence-electron chi connectivity index (χ3n) is 2.79. The molecular formula is C11H19F3N2O. The third-order valence-corrected chi connectivity index (χ3v) is 2.79. The van der Waals surface area contributed by atoms with Gasteiger partial charge in [-0.25, -0.2) is 0 Å². The molecule has 6 heteroatoms. The molecule has 3 nitrogen and oxygen atoms in total. The van der Waals surface area contributed by atoms with Gasteiger partial charge in [0.15, 0.2) is 0 Å². The van der Waals surface area contributed by atoms with Crippen LogP contribution in [0.1, 0.15) is 26.7 Å². The summed E-state index contributed by atoms with van der Waals surface area (Å²) in [4.78, 5) is 13.0. The van der Waals surface area contributed by atoms with E-state index >= 15 is 0 Å². The van der Waals surface area contributed by atoms with Crippen LogP contribution in [0.25, 0.3) is 0 Å². The van der Waals surface area contributed by atoms with Gasteiger partial charge in [-0.3, -0.25) is 9.69 Å². The largest absolute Gasteiger partial charge is 0.393 e. The van der Waals surface area contributed by atoms with Crippen LogP contribution in [0.4, 0.5) is 13.2 Å². The first-order chi connectivity index (χ1) is 7.79. The Bertz CT molecular complexity index is 266. The number of carbonyl (C=O) groups is 1. The first-order valence-corrected chi connectivity index (χ1v) is 5.87. The number of nitrogens with zero attached hydrogens (tertiary/aromatic N) is 1. The van der Waals surface area contributed by atoms with Crippen LogP contribution in [0.5, 0.6) is 0 Å². The van der Waals surface area contributed by atoms with Crippen LogP contribution < -0.4 is 5.32 Å². The summed E-state index contributed by atoms with van der Waals surface area (Å²) in [5, 5.41) is 2.68. The Labute approximate surface area is 99.4 Å². The van der Waals surface area contributed by atoms with E-state index in [-0.39, 0.29) is 31.5 Å². The summed E-state index contributed by atoms with van der Waals surface area (Å²) in [6.45, 7) is 4.22. The maximum absolute atomic E-state index is 12.5. The van der Waals surface area contributed by atoms with E-state index in [1.54, 1.807) is 4.90 Å². The van der Waals surface area contributed by atoms with Crippen molar-refractivity contribution in [2.75, 3.05) is 19.6 Å². The zero-order valence-corrected chi connectivity index (χ0v) is 10.2. The van der Waals surface area contributed by atoms with Crippen LogP contribution in [0.3, 0.4) is 0 Å². The van der Waals surface area contributed by atoms with Crippen LogP contribution in [0.2, 0.25) is 0 Å². The average Bonchev–Trinajstić information content (AvgIpc) is 2.15. The molecule has 1 aliphatic heterocycles. The highest BCUT2D eigenvalue weighted by molar-refractivity contribution is 5.78. The molecule has 1 aliphatic rings. The van der Waals surface area contributed by atoms with Crippen molar-refractivity contribution in [3.8, 4) is 0 Å².